The Morgan fingerprint density at radius 2 is 1.69 bits per heavy atom. The second-order valence-corrected chi connectivity index (χ2v) is 7.47. The largest absolute Gasteiger partial charge is 0.299 e. The minimum Gasteiger partial charge on any atom is -0.299 e. The zero-order valence-electron chi connectivity index (χ0n) is 16.5. The summed E-state index contributed by atoms with van der Waals surface area (Å²) in [6, 6.07) is 16.6. The summed E-state index contributed by atoms with van der Waals surface area (Å²) < 4.78 is 0. The number of hydrogen-bond donors (Lipinski definition) is 0. The van der Waals surface area contributed by atoms with Gasteiger partial charge in [-0.05, 0) is 32.9 Å². The van der Waals surface area contributed by atoms with Crippen LogP contribution in [0.15, 0.2) is 54.6 Å². The molecule has 0 amide bonds. The van der Waals surface area contributed by atoms with Crippen molar-refractivity contribution in [2.24, 2.45) is 0 Å². The van der Waals surface area contributed by atoms with Crippen LogP contribution < -0.4 is 0 Å². The van der Waals surface area contributed by atoms with Gasteiger partial charge in [-0.3, -0.25) is 15.0 Å². The molecule has 1 fully saturated rings. The van der Waals surface area contributed by atoms with E-state index >= 15 is 0 Å². The van der Waals surface area contributed by atoms with E-state index < -0.39 is 0 Å². The summed E-state index contributed by atoms with van der Waals surface area (Å²) >= 11 is 0. The Morgan fingerprint density at radius 3 is 2.41 bits per heavy atom. The molecular weight excluding hydrogens is 364 g/mol. The molecule has 3 aromatic rings. The second kappa shape index (κ2) is 8.49. The summed E-state index contributed by atoms with van der Waals surface area (Å²) in [4.78, 5) is 23.0. The molecule has 1 aliphatic heterocycles. The standard InChI is InChI=1S/C23H24N4O2/c1-17-21(16-26-13-6-3-7-14-26)22(19-11-8-12-20(15-19)27(28)29)25-23(24-17)18-9-4-2-5-10-18/h2,4-5,8-12,15H,3,6-7,13-14,16H2,1H3. The molecule has 0 unspecified atom stereocenters. The van der Waals surface area contributed by atoms with Gasteiger partial charge in [0.25, 0.3) is 5.69 Å². The van der Waals surface area contributed by atoms with E-state index in [1.54, 1.807) is 12.1 Å². The van der Waals surface area contributed by atoms with Crippen LogP contribution in [0.1, 0.15) is 30.5 Å². The van der Waals surface area contributed by atoms with Crippen LogP contribution >= 0.6 is 0 Å². The summed E-state index contributed by atoms with van der Waals surface area (Å²) in [7, 11) is 0. The highest BCUT2D eigenvalue weighted by Gasteiger charge is 2.20. The number of likely N-dealkylation sites (tertiary alicyclic amines) is 1. The molecule has 0 N–H and O–H groups in total. The molecule has 148 valence electrons. The number of rotatable bonds is 5. The Morgan fingerprint density at radius 1 is 0.966 bits per heavy atom. The van der Waals surface area contributed by atoms with E-state index in [1.165, 1.54) is 25.3 Å². The fraction of sp³-hybridized carbons (Fsp3) is 0.304. The normalized spacial score (nSPS) is 14.7. The predicted molar refractivity (Wildman–Crippen MR) is 113 cm³/mol. The average Bonchev–Trinajstić information content (AvgIpc) is 2.76. The minimum atomic E-state index is -0.361. The molecule has 29 heavy (non-hydrogen) atoms. The van der Waals surface area contributed by atoms with Crippen LogP contribution in [-0.4, -0.2) is 32.9 Å². The minimum absolute atomic E-state index is 0.0731. The summed E-state index contributed by atoms with van der Waals surface area (Å²) in [6.45, 7) is 4.90. The molecule has 0 spiro atoms. The lowest BCUT2D eigenvalue weighted by Crippen LogP contribution is -2.30. The van der Waals surface area contributed by atoms with Crippen molar-refractivity contribution in [3.8, 4) is 22.6 Å². The number of hydrogen-bond acceptors (Lipinski definition) is 5. The van der Waals surface area contributed by atoms with Gasteiger partial charge in [0.1, 0.15) is 0 Å². The molecule has 0 radical (unpaired) electrons. The maximum Gasteiger partial charge on any atom is 0.270 e. The van der Waals surface area contributed by atoms with Gasteiger partial charge in [-0.15, -0.1) is 0 Å². The van der Waals surface area contributed by atoms with Crippen LogP contribution in [0.5, 0.6) is 0 Å². The van der Waals surface area contributed by atoms with Crippen molar-refractivity contribution in [2.45, 2.75) is 32.7 Å². The molecule has 1 aliphatic rings. The fourth-order valence-electron chi connectivity index (χ4n) is 3.85. The predicted octanol–water partition coefficient (Wildman–Crippen LogP) is 5.01. The van der Waals surface area contributed by atoms with Crippen LogP contribution in [0.25, 0.3) is 22.6 Å². The first-order valence-corrected chi connectivity index (χ1v) is 10.0. The number of nitro groups is 1. The number of non-ortho nitro benzene ring substituents is 1. The molecule has 0 saturated carbocycles. The highest BCUT2D eigenvalue weighted by atomic mass is 16.6. The van der Waals surface area contributed by atoms with Gasteiger partial charge < -0.3 is 0 Å². The third kappa shape index (κ3) is 4.32. The number of benzene rings is 2. The molecular formula is C23H24N4O2. The third-order valence-electron chi connectivity index (χ3n) is 5.41. The number of nitrogens with zero attached hydrogens (tertiary/aromatic N) is 4. The van der Waals surface area contributed by atoms with E-state index in [2.05, 4.69) is 4.90 Å². The molecule has 0 atom stereocenters. The Labute approximate surface area is 170 Å². The van der Waals surface area contributed by atoms with Crippen molar-refractivity contribution in [2.75, 3.05) is 13.1 Å². The lowest BCUT2D eigenvalue weighted by molar-refractivity contribution is -0.384. The third-order valence-corrected chi connectivity index (χ3v) is 5.41. The van der Waals surface area contributed by atoms with E-state index in [-0.39, 0.29) is 10.6 Å². The fourth-order valence-corrected chi connectivity index (χ4v) is 3.85. The van der Waals surface area contributed by atoms with E-state index in [9.17, 15) is 10.1 Å². The van der Waals surface area contributed by atoms with Crippen molar-refractivity contribution in [1.29, 1.82) is 0 Å². The van der Waals surface area contributed by atoms with E-state index in [0.717, 1.165) is 47.7 Å². The van der Waals surface area contributed by atoms with E-state index in [0.29, 0.717) is 5.82 Å². The first kappa shape index (κ1) is 19.2. The molecule has 6 heteroatoms. The van der Waals surface area contributed by atoms with Crippen molar-refractivity contribution in [3.63, 3.8) is 0 Å². The van der Waals surface area contributed by atoms with Gasteiger partial charge in [-0.1, -0.05) is 48.9 Å². The molecule has 1 saturated heterocycles. The van der Waals surface area contributed by atoms with Gasteiger partial charge >= 0.3 is 0 Å². The topological polar surface area (TPSA) is 72.2 Å². The van der Waals surface area contributed by atoms with Gasteiger partial charge in [-0.25, -0.2) is 9.97 Å². The molecule has 2 heterocycles. The SMILES string of the molecule is Cc1nc(-c2ccccc2)nc(-c2cccc([N+](=O)[O-])c2)c1CN1CCCCC1. The Bertz CT molecular complexity index is 1010. The molecule has 4 rings (SSSR count). The first-order valence-electron chi connectivity index (χ1n) is 10.0. The van der Waals surface area contributed by atoms with Crippen LogP contribution in [0.2, 0.25) is 0 Å². The van der Waals surface area contributed by atoms with Crippen molar-refractivity contribution in [1.82, 2.24) is 14.9 Å². The van der Waals surface area contributed by atoms with Crippen molar-refractivity contribution < 1.29 is 4.92 Å². The Hall–Kier alpha value is -3.12. The number of nitro benzene ring substituents is 1. The lowest BCUT2D eigenvalue weighted by atomic mass is 10.0. The molecule has 1 aromatic heterocycles. The summed E-state index contributed by atoms with van der Waals surface area (Å²) in [5.41, 5.74) is 4.52. The zero-order valence-corrected chi connectivity index (χ0v) is 16.5. The molecule has 2 aromatic carbocycles. The lowest BCUT2D eigenvalue weighted by Gasteiger charge is -2.27. The highest BCUT2D eigenvalue weighted by Crippen LogP contribution is 2.30. The molecule has 6 nitrogen and oxygen atoms in total. The van der Waals surface area contributed by atoms with Crippen molar-refractivity contribution in [3.05, 3.63) is 76.0 Å². The summed E-state index contributed by atoms with van der Waals surface area (Å²) in [6.07, 6.45) is 3.68. The average molecular weight is 388 g/mol. The van der Waals surface area contributed by atoms with E-state index in [1.807, 2.05) is 43.3 Å². The second-order valence-electron chi connectivity index (χ2n) is 7.47. The monoisotopic (exact) mass is 388 g/mol. The van der Waals surface area contributed by atoms with Gasteiger partial charge in [-0.2, -0.15) is 0 Å². The van der Waals surface area contributed by atoms with E-state index in [4.69, 9.17) is 9.97 Å². The van der Waals surface area contributed by atoms with Gasteiger partial charge in [0.15, 0.2) is 5.82 Å². The zero-order chi connectivity index (χ0) is 20.2. The molecule has 0 aliphatic carbocycles. The van der Waals surface area contributed by atoms with Gasteiger partial charge in [0, 0.05) is 41.1 Å². The van der Waals surface area contributed by atoms with Crippen molar-refractivity contribution >= 4 is 5.69 Å². The number of piperidine rings is 1. The maximum atomic E-state index is 11.3. The highest BCUT2D eigenvalue weighted by molar-refractivity contribution is 5.69. The van der Waals surface area contributed by atoms with Crippen LogP contribution in [-0.2, 0) is 6.54 Å². The molecule has 0 bridgehead atoms. The quantitative estimate of drug-likeness (QED) is 0.454. The smallest absolute Gasteiger partial charge is 0.270 e. The first-order chi connectivity index (χ1) is 14.1. The summed E-state index contributed by atoms with van der Waals surface area (Å²) in [5.74, 6) is 0.645. The maximum absolute atomic E-state index is 11.3. The van der Waals surface area contributed by atoms with Crippen LogP contribution in [0.3, 0.4) is 0 Å². The Kier molecular flexibility index (Phi) is 5.62. The van der Waals surface area contributed by atoms with Crippen LogP contribution in [0, 0.1) is 17.0 Å². The summed E-state index contributed by atoms with van der Waals surface area (Å²) in [5, 5.41) is 11.3. The van der Waals surface area contributed by atoms with Gasteiger partial charge in [0.05, 0.1) is 10.6 Å². The number of aryl methyl sites for hydroxylation is 1. The van der Waals surface area contributed by atoms with Crippen LogP contribution in [0.4, 0.5) is 5.69 Å². The Balaban J connectivity index is 1.83. The van der Waals surface area contributed by atoms with Gasteiger partial charge in [0.2, 0.25) is 0 Å². The number of aromatic nitrogens is 2.